The molecule has 1 aliphatic rings. The van der Waals surface area contributed by atoms with Gasteiger partial charge in [0.25, 0.3) is 5.91 Å². The lowest BCUT2D eigenvalue weighted by molar-refractivity contribution is 0.0656. The summed E-state index contributed by atoms with van der Waals surface area (Å²) in [6.07, 6.45) is 3.98. The molecular weight excluding hydrogens is 445 g/mol. The third-order valence-electron chi connectivity index (χ3n) is 5.79. The number of piperidine rings is 1. The van der Waals surface area contributed by atoms with Crippen LogP contribution < -0.4 is 0 Å². The van der Waals surface area contributed by atoms with Gasteiger partial charge in [0.05, 0.1) is 12.1 Å². The first-order valence-corrected chi connectivity index (χ1v) is 11.1. The number of nitrogens with zero attached hydrogens (tertiary/aromatic N) is 3. The van der Waals surface area contributed by atoms with Crippen LogP contribution in [0.5, 0.6) is 0 Å². The second-order valence-electron chi connectivity index (χ2n) is 8.11. The Kier molecular flexibility index (Phi) is 5.96. The number of aromatic nitrogens is 2. The summed E-state index contributed by atoms with van der Waals surface area (Å²) in [5.41, 5.74) is 1.95. The summed E-state index contributed by atoms with van der Waals surface area (Å²) in [6, 6.07) is 15.2. The Labute approximate surface area is 195 Å². The van der Waals surface area contributed by atoms with E-state index in [1.807, 2.05) is 24.3 Å². The maximum absolute atomic E-state index is 13.5. The number of likely N-dealkylation sites (tertiary alicyclic amines) is 1. The maximum atomic E-state index is 13.5. The zero-order chi connectivity index (χ0) is 22.8. The fourth-order valence-electron chi connectivity index (χ4n) is 4.10. The standard InChI is InChI=1S/C25H21ClFN3O3/c26-21-9-2-1-5-16(21)12-20-14-28-24(32-20)18-7-4-10-30(15-18)25(31)23-13-22(29-33-23)17-6-3-8-19(27)11-17/h1-3,5-6,8-9,11,13-14,18H,4,7,10,12,15H2/t18-/m0/s1. The summed E-state index contributed by atoms with van der Waals surface area (Å²) in [6.45, 7) is 1.08. The Bertz CT molecular complexity index is 1290. The molecule has 0 bridgehead atoms. The van der Waals surface area contributed by atoms with Crippen molar-refractivity contribution in [2.45, 2.75) is 25.2 Å². The van der Waals surface area contributed by atoms with Gasteiger partial charge in [-0.25, -0.2) is 9.37 Å². The molecule has 1 saturated heterocycles. The minimum absolute atomic E-state index is 0.00620. The highest BCUT2D eigenvalue weighted by molar-refractivity contribution is 6.31. The van der Waals surface area contributed by atoms with Gasteiger partial charge in [0, 0.05) is 36.2 Å². The summed E-state index contributed by atoms with van der Waals surface area (Å²) in [4.78, 5) is 19.2. The topological polar surface area (TPSA) is 72.4 Å². The molecule has 0 N–H and O–H groups in total. The predicted molar refractivity (Wildman–Crippen MR) is 121 cm³/mol. The second-order valence-corrected chi connectivity index (χ2v) is 8.52. The van der Waals surface area contributed by atoms with E-state index in [0.717, 1.165) is 24.2 Å². The molecule has 1 amide bonds. The number of oxazole rings is 1. The molecule has 4 aromatic rings. The van der Waals surface area contributed by atoms with Crippen LogP contribution >= 0.6 is 11.6 Å². The number of rotatable bonds is 5. The van der Waals surface area contributed by atoms with Gasteiger partial charge >= 0.3 is 0 Å². The lowest BCUT2D eigenvalue weighted by Gasteiger charge is -2.30. The van der Waals surface area contributed by atoms with Crippen molar-refractivity contribution in [2.24, 2.45) is 0 Å². The lowest BCUT2D eigenvalue weighted by atomic mass is 9.98. The van der Waals surface area contributed by atoms with Crippen LogP contribution in [0, 0.1) is 5.82 Å². The van der Waals surface area contributed by atoms with Crippen LogP contribution in [0.1, 0.15) is 46.5 Å². The lowest BCUT2D eigenvalue weighted by Crippen LogP contribution is -2.39. The quantitative estimate of drug-likeness (QED) is 0.376. The van der Waals surface area contributed by atoms with Crippen LogP contribution in [0.4, 0.5) is 4.39 Å². The number of carbonyl (C=O) groups is 1. The van der Waals surface area contributed by atoms with Gasteiger partial charge in [0.1, 0.15) is 17.3 Å². The second kappa shape index (κ2) is 9.19. The molecule has 0 saturated carbocycles. The van der Waals surface area contributed by atoms with Gasteiger partial charge in [0.15, 0.2) is 5.89 Å². The van der Waals surface area contributed by atoms with Gasteiger partial charge in [-0.3, -0.25) is 4.79 Å². The van der Waals surface area contributed by atoms with Crippen molar-refractivity contribution in [1.82, 2.24) is 15.0 Å². The Morgan fingerprint density at radius 1 is 1.18 bits per heavy atom. The van der Waals surface area contributed by atoms with Gasteiger partial charge in [-0.2, -0.15) is 0 Å². The summed E-state index contributed by atoms with van der Waals surface area (Å²) < 4.78 is 24.8. The van der Waals surface area contributed by atoms with Crippen LogP contribution in [-0.2, 0) is 6.42 Å². The molecule has 1 atom stereocenters. The number of benzene rings is 2. The van der Waals surface area contributed by atoms with Gasteiger partial charge in [-0.15, -0.1) is 0 Å². The zero-order valence-electron chi connectivity index (χ0n) is 17.7. The molecular formula is C25H21ClFN3O3. The van der Waals surface area contributed by atoms with Crippen LogP contribution in [-0.4, -0.2) is 34.0 Å². The van der Waals surface area contributed by atoms with Gasteiger partial charge in [0.2, 0.25) is 5.76 Å². The van der Waals surface area contributed by atoms with Crippen molar-refractivity contribution in [2.75, 3.05) is 13.1 Å². The molecule has 5 rings (SSSR count). The molecule has 0 radical (unpaired) electrons. The van der Waals surface area contributed by atoms with E-state index in [4.69, 9.17) is 20.5 Å². The smallest absolute Gasteiger partial charge is 0.292 e. The van der Waals surface area contributed by atoms with Crippen LogP contribution in [0.2, 0.25) is 5.02 Å². The van der Waals surface area contributed by atoms with E-state index in [-0.39, 0.29) is 23.4 Å². The van der Waals surface area contributed by atoms with Gasteiger partial charge < -0.3 is 13.8 Å². The Balaban J connectivity index is 1.27. The molecule has 3 heterocycles. The van der Waals surface area contributed by atoms with Gasteiger partial charge in [-0.05, 0) is 36.6 Å². The fourth-order valence-corrected chi connectivity index (χ4v) is 4.30. The molecule has 0 spiro atoms. The van der Waals surface area contributed by atoms with Crippen molar-refractivity contribution in [1.29, 1.82) is 0 Å². The number of hydrogen-bond donors (Lipinski definition) is 0. The molecule has 0 aliphatic carbocycles. The number of carbonyl (C=O) groups excluding carboxylic acids is 1. The summed E-state index contributed by atoms with van der Waals surface area (Å²) in [5.74, 6) is 0.846. The third-order valence-corrected chi connectivity index (χ3v) is 6.16. The highest BCUT2D eigenvalue weighted by Crippen LogP contribution is 2.29. The third kappa shape index (κ3) is 4.68. The van der Waals surface area contributed by atoms with Crippen molar-refractivity contribution in [3.05, 3.63) is 94.6 Å². The largest absolute Gasteiger partial charge is 0.445 e. The van der Waals surface area contributed by atoms with Crippen LogP contribution in [0.3, 0.4) is 0 Å². The molecule has 1 aliphatic heterocycles. The number of halogens is 2. The fraction of sp³-hybridized carbons (Fsp3) is 0.240. The summed E-state index contributed by atoms with van der Waals surface area (Å²) in [5, 5.41) is 4.63. The highest BCUT2D eigenvalue weighted by atomic mass is 35.5. The van der Waals surface area contributed by atoms with E-state index in [9.17, 15) is 9.18 Å². The number of hydrogen-bond acceptors (Lipinski definition) is 5. The highest BCUT2D eigenvalue weighted by Gasteiger charge is 2.30. The Morgan fingerprint density at radius 3 is 2.91 bits per heavy atom. The first kappa shape index (κ1) is 21.4. The van der Waals surface area contributed by atoms with E-state index in [0.29, 0.717) is 41.7 Å². The van der Waals surface area contributed by atoms with Gasteiger partial charge in [-0.1, -0.05) is 47.1 Å². The minimum Gasteiger partial charge on any atom is -0.445 e. The minimum atomic E-state index is -0.373. The molecule has 2 aromatic heterocycles. The molecule has 8 heteroatoms. The zero-order valence-corrected chi connectivity index (χ0v) is 18.5. The average Bonchev–Trinajstić information content (AvgIpc) is 3.51. The van der Waals surface area contributed by atoms with E-state index in [1.165, 1.54) is 12.1 Å². The molecule has 33 heavy (non-hydrogen) atoms. The Morgan fingerprint density at radius 2 is 2.06 bits per heavy atom. The monoisotopic (exact) mass is 465 g/mol. The first-order valence-electron chi connectivity index (χ1n) is 10.8. The average molecular weight is 466 g/mol. The molecule has 2 aromatic carbocycles. The molecule has 0 unspecified atom stereocenters. The van der Waals surface area contributed by atoms with E-state index in [2.05, 4.69) is 10.1 Å². The van der Waals surface area contributed by atoms with E-state index in [1.54, 1.807) is 29.3 Å². The van der Waals surface area contributed by atoms with Crippen LogP contribution in [0.15, 0.2) is 69.7 Å². The van der Waals surface area contributed by atoms with Crippen molar-refractivity contribution >= 4 is 17.5 Å². The number of amides is 1. The van der Waals surface area contributed by atoms with Crippen LogP contribution in [0.25, 0.3) is 11.3 Å². The molecule has 168 valence electrons. The SMILES string of the molecule is O=C(c1cc(-c2cccc(F)c2)no1)N1CCC[C@H](c2ncc(Cc3ccccc3Cl)o2)C1. The molecule has 1 fully saturated rings. The van der Waals surface area contributed by atoms with E-state index < -0.39 is 0 Å². The summed E-state index contributed by atoms with van der Waals surface area (Å²) in [7, 11) is 0. The summed E-state index contributed by atoms with van der Waals surface area (Å²) >= 11 is 6.25. The Hall–Kier alpha value is -3.45. The van der Waals surface area contributed by atoms with Crippen molar-refractivity contribution < 1.29 is 18.1 Å². The predicted octanol–water partition coefficient (Wildman–Crippen LogP) is 5.73. The van der Waals surface area contributed by atoms with E-state index >= 15 is 0 Å². The van der Waals surface area contributed by atoms with Crippen molar-refractivity contribution in [3.63, 3.8) is 0 Å². The first-order chi connectivity index (χ1) is 16.1. The van der Waals surface area contributed by atoms with Crippen molar-refractivity contribution in [3.8, 4) is 11.3 Å². The normalized spacial score (nSPS) is 16.2. The molecule has 6 nitrogen and oxygen atoms in total. The maximum Gasteiger partial charge on any atom is 0.292 e.